The van der Waals surface area contributed by atoms with Crippen LogP contribution in [0.1, 0.15) is 108 Å². The van der Waals surface area contributed by atoms with Gasteiger partial charge < -0.3 is 20.4 Å². The molecule has 0 heterocycles. The lowest BCUT2D eigenvalue weighted by Gasteiger charge is -2.64. The second-order valence-electron chi connectivity index (χ2n) is 14.1. The Morgan fingerprint density at radius 2 is 1.74 bits per heavy atom. The van der Waals surface area contributed by atoms with Gasteiger partial charge in [0.25, 0.3) is 0 Å². The molecule has 212 valence electrons. The van der Waals surface area contributed by atoms with Gasteiger partial charge in [-0.2, -0.15) is 0 Å². The predicted molar refractivity (Wildman–Crippen MR) is 149 cm³/mol. The molecule has 4 fully saturated rings. The summed E-state index contributed by atoms with van der Waals surface area (Å²) in [4.78, 5) is 11.2. The van der Waals surface area contributed by atoms with Crippen molar-refractivity contribution >= 4 is 5.97 Å². The summed E-state index contributed by atoms with van der Waals surface area (Å²) in [6, 6.07) is 4.94. The van der Waals surface area contributed by atoms with Crippen LogP contribution in [0.25, 0.3) is 0 Å². The molecule has 0 unspecified atom stereocenters. The summed E-state index contributed by atoms with van der Waals surface area (Å²) < 4.78 is 0. The van der Waals surface area contributed by atoms with E-state index in [1.54, 1.807) is 6.07 Å². The normalized spacial score (nSPS) is 43.1. The van der Waals surface area contributed by atoms with Crippen LogP contribution in [0, 0.1) is 52.3 Å². The summed E-state index contributed by atoms with van der Waals surface area (Å²) in [5.41, 5.74) is 1.48. The van der Waals surface area contributed by atoms with E-state index >= 15 is 0 Å². The number of carbonyl (C=O) groups is 1. The lowest BCUT2D eigenvalue weighted by Crippen LogP contribution is -2.62. The number of benzene rings is 1. The summed E-state index contributed by atoms with van der Waals surface area (Å²) in [6.07, 6.45) is 11.4. The molecule has 0 saturated heterocycles. The Morgan fingerprint density at radius 3 is 2.42 bits per heavy atom. The van der Waals surface area contributed by atoms with Crippen molar-refractivity contribution in [3.05, 3.63) is 29.3 Å². The number of fused-ring (bicyclic) bond motifs is 5. The fourth-order valence-electron chi connectivity index (χ4n) is 10.7. The number of hydrogen-bond donors (Lipinski definition) is 4. The monoisotopic (exact) mass is 526 g/mol. The molecule has 4 aliphatic rings. The van der Waals surface area contributed by atoms with Crippen molar-refractivity contribution in [1.82, 2.24) is 0 Å². The highest BCUT2D eigenvalue weighted by Gasteiger charge is 2.64. The van der Waals surface area contributed by atoms with E-state index in [9.17, 15) is 20.1 Å². The molecule has 0 bridgehead atoms. The highest BCUT2D eigenvalue weighted by atomic mass is 16.4. The highest BCUT2D eigenvalue weighted by molar-refractivity contribution is 5.90. The van der Waals surface area contributed by atoms with Crippen molar-refractivity contribution in [3.8, 4) is 5.75 Å². The second kappa shape index (κ2) is 10.4. The molecule has 5 rings (SSSR count). The first-order chi connectivity index (χ1) is 18.0. The number of phenols is 1. The van der Waals surface area contributed by atoms with E-state index in [-0.39, 0.29) is 34.4 Å². The molecule has 4 aliphatic carbocycles. The molecule has 0 radical (unpaired) electrons. The van der Waals surface area contributed by atoms with Crippen molar-refractivity contribution in [3.63, 3.8) is 0 Å². The lowest BCUT2D eigenvalue weighted by molar-refractivity contribution is -0.203. The third kappa shape index (κ3) is 4.50. The standard InChI is InChI=1S/C33H50O5/c1-5-22-27-18-21(34)13-15-33(27,4)26-14-16-32(3)24(11-12-25(32)29(26)30(22)36)19(2)7-6-8-20-9-10-23(31(37)38)28(35)17-20/h9-10,17,19,21-22,24-27,29-30,34-36H,5-8,11-16,18H2,1-4H3,(H,37,38)/t19-,21-,22-,24-,25+,26+,27+,29+,30-,32-,33-/m1/s1. The fourth-order valence-corrected chi connectivity index (χ4v) is 10.7. The number of aliphatic hydroxyl groups excluding tert-OH is 2. The van der Waals surface area contributed by atoms with Crippen molar-refractivity contribution in [1.29, 1.82) is 0 Å². The molecule has 0 aromatic heterocycles. The number of carboxylic acid groups (broad SMARTS) is 1. The van der Waals surface area contributed by atoms with Gasteiger partial charge in [-0.05, 0) is 128 Å². The number of aliphatic hydroxyl groups is 2. The molecule has 0 aliphatic heterocycles. The van der Waals surface area contributed by atoms with Crippen LogP contribution in [-0.4, -0.2) is 38.6 Å². The maximum atomic E-state index is 11.9. The van der Waals surface area contributed by atoms with E-state index in [4.69, 9.17) is 5.11 Å². The molecule has 1 aromatic carbocycles. The highest BCUT2D eigenvalue weighted by Crippen LogP contribution is 2.69. The zero-order valence-corrected chi connectivity index (χ0v) is 23.9. The van der Waals surface area contributed by atoms with Gasteiger partial charge in [-0.15, -0.1) is 0 Å². The van der Waals surface area contributed by atoms with E-state index in [0.717, 1.165) is 50.5 Å². The third-order valence-corrected chi connectivity index (χ3v) is 12.6. The minimum Gasteiger partial charge on any atom is -0.507 e. The van der Waals surface area contributed by atoms with Gasteiger partial charge in [-0.1, -0.05) is 46.6 Å². The van der Waals surface area contributed by atoms with Gasteiger partial charge in [0.1, 0.15) is 11.3 Å². The van der Waals surface area contributed by atoms with Crippen molar-refractivity contribution in [2.24, 2.45) is 52.3 Å². The topological polar surface area (TPSA) is 98.0 Å². The van der Waals surface area contributed by atoms with Crippen molar-refractivity contribution < 1.29 is 25.2 Å². The molecule has 11 atom stereocenters. The quantitative estimate of drug-likeness (QED) is 0.318. The summed E-state index contributed by atoms with van der Waals surface area (Å²) >= 11 is 0. The molecule has 4 N–H and O–H groups in total. The van der Waals surface area contributed by atoms with Crippen LogP contribution in [0.3, 0.4) is 0 Å². The molecular weight excluding hydrogens is 476 g/mol. The minimum absolute atomic E-state index is 0.0394. The average molecular weight is 527 g/mol. The minimum atomic E-state index is -1.10. The molecule has 5 nitrogen and oxygen atoms in total. The van der Waals surface area contributed by atoms with Crippen LogP contribution in [0.5, 0.6) is 5.75 Å². The lowest BCUT2D eigenvalue weighted by atomic mass is 9.41. The van der Waals surface area contributed by atoms with E-state index in [0.29, 0.717) is 41.4 Å². The smallest absolute Gasteiger partial charge is 0.339 e. The van der Waals surface area contributed by atoms with Crippen LogP contribution in [0.2, 0.25) is 0 Å². The summed E-state index contributed by atoms with van der Waals surface area (Å²) in [5, 5.41) is 41.6. The van der Waals surface area contributed by atoms with Gasteiger partial charge in [0.05, 0.1) is 12.2 Å². The first-order valence-electron chi connectivity index (χ1n) is 15.4. The largest absolute Gasteiger partial charge is 0.507 e. The number of aromatic carboxylic acids is 1. The van der Waals surface area contributed by atoms with Gasteiger partial charge in [0.2, 0.25) is 0 Å². The Kier molecular flexibility index (Phi) is 7.67. The second-order valence-corrected chi connectivity index (χ2v) is 14.1. The van der Waals surface area contributed by atoms with E-state index in [1.165, 1.54) is 31.7 Å². The summed E-state index contributed by atoms with van der Waals surface area (Å²) in [5.74, 6) is 2.32. The maximum absolute atomic E-state index is 11.9. The summed E-state index contributed by atoms with van der Waals surface area (Å²) in [6.45, 7) is 9.71. The zero-order chi connectivity index (χ0) is 27.4. The van der Waals surface area contributed by atoms with Crippen molar-refractivity contribution in [2.45, 2.75) is 111 Å². The SMILES string of the molecule is CC[C@H]1[C@@H](O)[C@@H]2[C@H](CC[C@]3(C)[C@@H]([C@H](C)CCCc4ccc(C(=O)O)c(O)c4)CC[C@@H]23)[C@@]2(C)CC[C@@H](O)C[C@@H]12. The summed E-state index contributed by atoms with van der Waals surface area (Å²) in [7, 11) is 0. The fraction of sp³-hybridized carbons (Fsp3) is 0.788. The maximum Gasteiger partial charge on any atom is 0.339 e. The van der Waals surface area contributed by atoms with E-state index in [2.05, 4.69) is 27.7 Å². The first kappa shape index (κ1) is 28.0. The molecule has 1 aromatic rings. The Hall–Kier alpha value is -1.59. The number of carboxylic acids is 1. The van der Waals surface area contributed by atoms with E-state index < -0.39 is 5.97 Å². The van der Waals surface area contributed by atoms with Crippen LogP contribution in [0.15, 0.2) is 18.2 Å². The molecule has 0 spiro atoms. The predicted octanol–water partition coefficient (Wildman–Crippen LogP) is 6.68. The van der Waals surface area contributed by atoms with Gasteiger partial charge >= 0.3 is 5.97 Å². The number of rotatable bonds is 7. The molecule has 38 heavy (non-hydrogen) atoms. The van der Waals surface area contributed by atoms with Gasteiger partial charge in [-0.25, -0.2) is 4.79 Å². The Bertz CT molecular complexity index is 1020. The molecule has 5 heteroatoms. The number of hydrogen-bond acceptors (Lipinski definition) is 4. The third-order valence-electron chi connectivity index (χ3n) is 12.6. The Balaban J connectivity index is 1.28. The van der Waals surface area contributed by atoms with Crippen LogP contribution in [-0.2, 0) is 6.42 Å². The Morgan fingerprint density at radius 1 is 1.03 bits per heavy atom. The zero-order valence-electron chi connectivity index (χ0n) is 23.9. The van der Waals surface area contributed by atoms with Crippen LogP contribution < -0.4 is 0 Å². The molecule has 4 saturated carbocycles. The van der Waals surface area contributed by atoms with E-state index in [1.807, 2.05) is 6.07 Å². The van der Waals surface area contributed by atoms with Crippen molar-refractivity contribution in [2.75, 3.05) is 0 Å². The average Bonchev–Trinajstić information content (AvgIpc) is 3.22. The van der Waals surface area contributed by atoms with Gasteiger partial charge in [-0.3, -0.25) is 0 Å². The number of aromatic hydroxyl groups is 1. The van der Waals surface area contributed by atoms with Crippen LogP contribution in [0.4, 0.5) is 0 Å². The Labute approximate surface area is 229 Å². The first-order valence-corrected chi connectivity index (χ1v) is 15.4. The number of aryl methyl sites for hydroxylation is 1. The van der Waals surface area contributed by atoms with Crippen LogP contribution >= 0.6 is 0 Å². The van der Waals surface area contributed by atoms with Gasteiger partial charge in [0, 0.05) is 0 Å². The molecular formula is C33H50O5. The molecule has 0 amide bonds. The van der Waals surface area contributed by atoms with Gasteiger partial charge in [0.15, 0.2) is 0 Å².